The minimum atomic E-state index is -0.961. The van der Waals surface area contributed by atoms with E-state index in [1.54, 1.807) is 41.5 Å². The number of carboxylic acid groups (broad SMARTS) is 2. The molecule has 6 nitrogen and oxygen atoms in total. The average molecular weight is 342 g/mol. The van der Waals surface area contributed by atoms with Gasteiger partial charge in [-0.05, 0) is 40.5 Å². The third kappa shape index (κ3) is 195. The Kier molecular flexibility index (Phi) is 43.1. The predicted molar refractivity (Wildman–Crippen MR) is 74.5 cm³/mol. The Bertz CT molecular complexity index is 180. The molecule has 0 fully saturated rings. The van der Waals surface area contributed by atoms with Crippen LogP contribution in [0.3, 0.4) is 0 Å². The zero-order valence-corrected chi connectivity index (χ0v) is 15.6. The zero-order valence-electron chi connectivity index (χ0n) is 14.0. The third-order valence-electron chi connectivity index (χ3n) is 0.908. The molecule has 0 bridgehead atoms. The number of aliphatic hydroxyl groups excluding tert-OH is 2. The van der Waals surface area contributed by atoms with Crippen molar-refractivity contribution in [3.8, 4) is 0 Å². The van der Waals surface area contributed by atoms with Gasteiger partial charge in [-0.2, -0.15) is 0 Å². The summed E-state index contributed by atoms with van der Waals surface area (Å²) in [7, 11) is 0. The molecule has 0 aromatic rings. The Morgan fingerprint density at radius 3 is 0.952 bits per heavy atom. The Balaban J connectivity index is -0.0000000544. The van der Waals surface area contributed by atoms with E-state index in [4.69, 9.17) is 10.2 Å². The molecule has 2 N–H and O–H groups in total. The SMILES string of the molecule is CC(C)O.CC(C)O.CCCC(=O)[O-].CCCC(=O)[O-].[Ti+2]. The molecule has 0 saturated carbocycles. The summed E-state index contributed by atoms with van der Waals surface area (Å²) in [6.07, 6.45) is 1.37. The van der Waals surface area contributed by atoms with E-state index in [9.17, 15) is 19.8 Å². The molecule has 7 heteroatoms. The molecular weight excluding hydrogens is 312 g/mol. The minimum absolute atomic E-state index is 0. The van der Waals surface area contributed by atoms with Crippen molar-refractivity contribution in [2.75, 3.05) is 0 Å². The van der Waals surface area contributed by atoms with Gasteiger partial charge in [0.1, 0.15) is 0 Å². The van der Waals surface area contributed by atoms with E-state index in [2.05, 4.69) is 0 Å². The van der Waals surface area contributed by atoms with Crippen LogP contribution in [0.25, 0.3) is 0 Å². The molecule has 0 spiro atoms. The van der Waals surface area contributed by atoms with Crippen molar-refractivity contribution in [1.82, 2.24) is 0 Å². The van der Waals surface area contributed by atoms with Gasteiger partial charge in [0.25, 0.3) is 0 Å². The Labute approximate surface area is 143 Å². The van der Waals surface area contributed by atoms with Crippen molar-refractivity contribution in [2.45, 2.75) is 79.4 Å². The van der Waals surface area contributed by atoms with Crippen molar-refractivity contribution in [2.24, 2.45) is 0 Å². The van der Waals surface area contributed by atoms with E-state index in [1.807, 2.05) is 0 Å². The normalized spacial score (nSPS) is 8.10. The number of rotatable bonds is 4. The first kappa shape index (κ1) is 32.5. The molecule has 0 aliphatic rings. The van der Waals surface area contributed by atoms with Gasteiger partial charge in [0.05, 0.1) is 0 Å². The minimum Gasteiger partial charge on any atom is -0.550 e. The third-order valence-corrected chi connectivity index (χ3v) is 0.908. The van der Waals surface area contributed by atoms with Crippen molar-refractivity contribution < 1.29 is 51.7 Å². The van der Waals surface area contributed by atoms with Gasteiger partial charge in [0.15, 0.2) is 0 Å². The number of hydrogen-bond donors (Lipinski definition) is 2. The molecule has 0 aromatic carbocycles. The molecular formula is C14H30O6Ti. The van der Waals surface area contributed by atoms with Gasteiger partial charge in [-0.1, -0.05) is 26.7 Å². The van der Waals surface area contributed by atoms with Crippen LogP contribution in [-0.4, -0.2) is 34.4 Å². The molecule has 126 valence electrons. The summed E-state index contributed by atoms with van der Waals surface area (Å²) in [6.45, 7) is 10.5. The number of aliphatic carboxylic acids is 2. The number of carboxylic acids is 2. The molecule has 0 aliphatic heterocycles. The molecule has 0 aliphatic carbocycles. The molecule has 0 amide bonds. The summed E-state index contributed by atoms with van der Waals surface area (Å²) in [5, 5.41) is 35.1. The van der Waals surface area contributed by atoms with Crippen LogP contribution in [0.2, 0.25) is 0 Å². The van der Waals surface area contributed by atoms with Crippen molar-refractivity contribution in [3.05, 3.63) is 0 Å². The fourth-order valence-electron chi connectivity index (χ4n) is 0.408. The van der Waals surface area contributed by atoms with Gasteiger partial charge in [-0.25, -0.2) is 0 Å². The van der Waals surface area contributed by atoms with Crippen LogP contribution < -0.4 is 10.2 Å². The maximum Gasteiger partial charge on any atom is 2.00 e. The summed E-state index contributed by atoms with van der Waals surface area (Å²) in [6, 6.07) is 0. The van der Waals surface area contributed by atoms with Crippen LogP contribution in [0.4, 0.5) is 0 Å². The molecule has 21 heavy (non-hydrogen) atoms. The summed E-state index contributed by atoms with van der Waals surface area (Å²) in [5.41, 5.74) is 0. The first-order chi connectivity index (χ1) is 9.00. The maximum absolute atomic E-state index is 9.49. The Morgan fingerprint density at radius 1 is 0.810 bits per heavy atom. The molecule has 0 unspecified atom stereocenters. The van der Waals surface area contributed by atoms with Crippen LogP contribution in [0.15, 0.2) is 0 Å². The number of hydrogen-bond acceptors (Lipinski definition) is 6. The Hall–Kier alpha value is -0.426. The predicted octanol–water partition coefficient (Wildman–Crippen LogP) is -0.155. The summed E-state index contributed by atoms with van der Waals surface area (Å²) < 4.78 is 0. The smallest absolute Gasteiger partial charge is 0.550 e. The van der Waals surface area contributed by atoms with Gasteiger partial charge < -0.3 is 30.0 Å². The summed E-state index contributed by atoms with van der Waals surface area (Å²) in [4.78, 5) is 19.0. The van der Waals surface area contributed by atoms with Crippen LogP contribution >= 0.6 is 0 Å². The van der Waals surface area contributed by atoms with E-state index >= 15 is 0 Å². The first-order valence-electron chi connectivity index (χ1n) is 6.76. The monoisotopic (exact) mass is 342 g/mol. The van der Waals surface area contributed by atoms with Crippen LogP contribution in [0.1, 0.15) is 67.2 Å². The number of carbonyl (C=O) groups is 2. The molecule has 0 saturated heterocycles. The fraction of sp³-hybridized carbons (Fsp3) is 0.857. The molecule has 0 radical (unpaired) electrons. The number of carbonyl (C=O) groups excluding carboxylic acids is 2. The van der Waals surface area contributed by atoms with E-state index in [-0.39, 0.29) is 46.8 Å². The van der Waals surface area contributed by atoms with Gasteiger partial charge in [0, 0.05) is 24.1 Å². The van der Waals surface area contributed by atoms with Crippen LogP contribution in [0, 0.1) is 0 Å². The second-order valence-electron chi connectivity index (χ2n) is 4.43. The van der Waals surface area contributed by atoms with E-state index in [1.165, 1.54) is 0 Å². The molecule has 0 heterocycles. The topological polar surface area (TPSA) is 121 Å². The van der Waals surface area contributed by atoms with Crippen molar-refractivity contribution in [3.63, 3.8) is 0 Å². The van der Waals surface area contributed by atoms with Crippen molar-refractivity contribution in [1.29, 1.82) is 0 Å². The van der Waals surface area contributed by atoms with E-state index in [0.29, 0.717) is 12.8 Å². The van der Waals surface area contributed by atoms with E-state index in [0.717, 1.165) is 0 Å². The van der Waals surface area contributed by atoms with Gasteiger partial charge in [0.2, 0.25) is 0 Å². The van der Waals surface area contributed by atoms with Gasteiger partial charge in [-0.15, -0.1) is 0 Å². The maximum atomic E-state index is 9.49. The second kappa shape index (κ2) is 27.8. The van der Waals surface area contributed by atoms with E-state index < -0.39 is 11.9 Å². The standard InChI is InChI=1S/2C4H8O2.2C3H8O.Ti/c2*1-2-3-4(5)6;2*1-3(2)4;/h2*2-3H2,1H3,(H,5,6);2*3-4H,1-2H3;/q;;;;+2/p-2. The molecule has 0 aromatic heterocycles. The zero-order chi connectivity index (χ0) is 17.1. The second-order valence-corrected chi connectivity index (χ2v) is 4.43. The van der Waals surface area contributed by atoms with Gasteiger partial charge >= 0.3 is 21.7 Å². The molecule has 0 atom stereocenters. The van der Waals surface area contributed by atoms with Crippen LogP contribution in [-0.2, 0) is 31.3 Å². The summed E-state index contributed by atoms with van der Waals surface area (Å²) >= 11 is 0. The largest absolute Gasteiger partial charge is 2.00 e. The Morgan fingerprint density at radius 2 is 0.952 bits per heavy atom. The van der Waals surface area contributed by atoms with Crippen LogP contribution in [0.5, 0.6) is 0 Å². The van der Waals surface area contributed by atoms with Crippen molar-refractivity contribution >= 4 is 11.9 Å². The average Bonchev–Trinajstić information content (AvgIpc) is 2.15. The first-order valence-corrected chi connectivity index (χ1v) is 6.76. The number of aliphatic hydroxyl groups is 2. The molecule has 0 rings (SSSR count). The fourth-order valence-corrected chi connectivity index (χ4v) is 0.408. The quantitative estimate of drug-likeness (QED) is 0.685. The summed E-state index contributed by atoms with van der Waals surface area (Å²) in [5.74, 6) is -1.92. The van der Waals surface area contributed by atoms with Gasteiger partial charge in [-0.3, -0.25) is 0 Å².